The molecule has 2 N–H and O–H groups in total. The summed E-state index contributed by atoms with van der Waals surface area (Å²) in [6.07, 6.45) is 5.92. The second-order valence-electron chi connectivity index (χ2n) is 7.07. The summed E-state index contributed by atoms with van der Waals surface area (Å²) in [6.45, 7) is 0. The van der Waals surface area contributed by atoms with Crippen molar-refractivity contribution in [3.05, 3.63) is 100 Å². The Balaban J connectivity index is 1.36. The molecule has 0 bridgehead atoms. The molecule has 0 aliphatic rings. The molecule has 0 atom stereocenters. The number of anilines is 1. The van der Waals surface area contributed by atoms with Crippen LogP contribution in [0.5, 0.6) is 0 Å². The van der Waals surface area contributed by atoms with E-state index in [1.807, 2.05) is 18.2 Å². The zero-order valence-electron chi connectivity index (χ0n) is 17.0. The van der Waals surface area contributed by atoms with E-state index in [9.17, 15) is 14.0 Å². The van der Waals surface area contributed by atoms with E-state index in [2.05, 4.69) is 20.4 Å². The number of para-hydroxylation sites is 2. The van der Waals surface area contributed by atoms with Crippen LogP contribution in [-0.2, 0) is 4.79 Å². The van der Waals surface area contributed by atoms with Crippen LogP contribution in [0, 0.1) is 5.82 Å². The first kappa shape index (κ1) is 20.5. The van der Waals surface area contributed by atoms with Crippen molar-refractivity contribution in [1.29, 1.82) is 0 Å². The molecule has 0 aliphatic carbocycles. The SMILES string of the molecule is O=C(/C=C/c1ccc(-c2ccc(F)cc2)s1)Nc1ccccc1-n1ncc2c(=O)[nH]cnc21. The number of benzene rings is 2. The van der Waals surface area contributed by atoms with Crippen molar-refractivity contribution in [2.75, 3.05) is 5.32 Å². The predicted octanol–water partition coefficient (Wildman–Crippen LogP) is 4.63. The fourth-order valence-corrected chi connectivity index (χ4v) is 4.26. The van der Waals surface area contributed by atoms with Gasteiger partial charge in [-0.2, -0.15) is 5.10 Å². The molecule has 0 saturated carbocycles. The largest absolute Gasteiger partial charge is 0.321 e. The molecule has 5 rings (SSSR count). The van der Waals surface area contributed by atoms with E-state index in [4.69, 9.17) is 0 Å². The number of amides is 1. The Morgan fingerprint density at radius 1 is 1.09 bits per heavy atom. The summed E-state index contributed by atoms with van der Waals surface area (Å²) in [6, 6.07) is 17.3. The molecule has 0 radical (unpaired) electrons. The number of hydrogen-bond acceptors (Lipinski definition) is 5. The maximum absolute atomic E-state index is 13.1. The molecule has 33 heavy (non-hydrogen) atoms. The molecule has 3 heterocycles. The molecule has 0 unspecified atom stereocenters. The van der Waals surface area contributed by atoms with Crippen LogP contribution in [0.4, 0.5) is 10.1 Å². The van der Waals surface area contributed by atoms with Gasteiger partial charge in [-0.15, -0.1) is 11.3 Å². The van der Waals surface area contributed by atoms with E-state index in [0.29, 0.717) is 22.4 Å². The predicted molar refractivity (Wildman–Crippen MR) is 127 cm³/mol. The van der Waals surface area contributed by atoms with E-state index in [1.165, 1.54) is 46.8 Å². The van der Waals surface area contributed by atoms with E-state index < -0.39 is 0 Å². The number of aromatic nitrogens is 4. The minimum absolute atomic E-state index is 0.280. The van der Waals surface area contributed by atoms with E-state index in [1.54, 1.807) is 36.4 Å². The third-order valence-corrected chi connectivity index (χ3v) is 6.02. The molecule has 0 fully saturated rings. The molecule has 0 saturated heterocycles. The van der Waals surface area contributed by atoms with E-state index in [-0.39, 0.29) is 17.3 Å². The fourth-order valence-electron chi connectivity index (χ4n) is 3.34. The lowest BCUT2D eigenvalue weighted by molar-refractivity contribution is -0.111. The number of rotatable bonds is 5. The second-order valence-corrected chi connectivity index (χ2v) is 8.19. The van der Waals surface area contributed by atoms with Crippen LogP contribution in [0.1, 0.15) is 4.88 Å². The Morgan fingerprint density at radius 3 is 2.76 bits per heavy atom. The van der Waals surface area contributed by atoms with Gasteiger partial charge in [-0.25, -0.2) is 14.1 Å². The van der Waals surface area contributed by atoms with Crippen LogP contribution in [-0.4, -0.2) is 25.7 Å². The van der Waals surface area contributed by atoms with Crippen molar-refractivity contribution in [1.82, 2.24) is 19.7 Å². The van der Waals surface area contributed by atoms with E-state index in [0.717, 1.165) is 15.3 Å². The third-order valence-electron chi connectivity index (χ3n) is 4.92. The first-order valence-electron chi connectivity index (χ1n) is 9.94. The van der Waals surface area contributed by atoms with Crippen molar-refractivity contribution < 1.29 is 9.18 Å². The maximum Gasteiger partial charge on any atom is 0.261 e. The van der Waals surface area contributed by atoms with Crippen LogP contribution in [0.15, 0.2) is 84.1 Å². The number of nitrogens with zero attached hydrogens (tertiary/aromatic N) is 3. The molecule has 162 valence electrons. The Labute approximate surface area is 190 Å². The van der Waals surface area contributed by atoms with Crippen LogP contribution in [0.3, 0.4) is 0 Å². The lowest BCUT2D eigenvalue weighted by Crippen LogP contribution is -2.12. The van der Waals surface area contributed by atoms with Gasteiger partial charge in [-0.05, 0) is 48.0 Å². The van der Waals surface area contributed by atoms with Crippen molar-refractivity contribution in [2.45, 2.75) is 0 Å². The zero-order valence-corrected chi connectivity index (χ0v) is 17.8. The molecule has 0 aliphatic heterocycles. The normalized spacial score (nSPS) is 11.3. The van der Waals surface area contributed by atoms with E-state index >= 15 is 0 Å². The number of H-pyrrole nitrogens is 1. The molecule has 5 aromatic rings. The van der Waals surface area contributed by atoms with Gasteiger partial charge in [0, 0.05) is 15.8 Å². The minimum Gasteiger partial charge on any atom is -0.321 e. The molecule has 9 heteroatoms. The smallest absolute Gasteiger partial charge is 0.261 e. The van der Waals surface area contributed by atoms with Gasteiger partial charge in [0.1, 0.15) is 11.2 Å². The first-order valence-corrected chi connectivity index (χ1v) is 10.8. The van der Waals surface area contributed by atoms with Gasteiger partial charge in [0.05, 0.1) is 23.9 Å². The fraction of sp³-hybridized carbons (Fsp3) is 0. The quantitative estimate of drug-likeness (QED) is 0.377. The van der Waals surface area contributed by atoms with Gasteiger partial charge in [-0.1, -0.05) is 24.3 Å². The highest BCUT2D eigenvalue weighted by atomic mass is 32.1. The topological polar surface area (TPSA) is 92.7 Å². The maximum atomic E-state index is 13.1. The molecule has 3 aromatic heterocycles. The first-order chi connectivity index (χ1) is 16.1. The molecule has 2 aromatic carbocycles. The average molecular weight is 457 g/mol. The highest BCUT2D eigenvalue weighted by molar-refractivity contribution is 7.16. The Kier molecular flexibility index (Phi) is 5.37. The second kappa shape index (κ2) is 8.64. The van der Waals surface area contributed by atoms with Crippen LogP contribution >= 0.6 is 11.3 Å². The molecular formula is C24H16FN5O2S. The number of halogens is 1. The number of hydrogen-bond donors (Lipinski definition) is 2. The standard InChI is InChI=1S/C24H16FN5O2S/c25-16-7-5-15(6-8-16)21-11-9-17(33-21)10-12-22(31)29-19-3-1-2-4-20(19)30-23-18(13-28-30)24(32)27-14-26-23/h1-14H,(H,29,31)(H,26,27,32)/b12-10+. The van der Waals surface area contributed by atoms with Crippen LogP contribution < -0.4 is 10.9 Å². The molecule has 1 amide bonds. The summed E-state index contributed by atoms with van der Waals surface area (Å²) in [4.78, 5) is 33.2. The average Bonchev–Trinajstić information content (AvgIpc) is 3.47. The number of carbonyl (C=O) groups excluding carboxylic acids is 1. The Bertz CT molecular complexity index is 1550. The minimum atomic E-state index is -0.318. The number of thiophene rings is 1. The van der Waals surface area contributed by atoms with Crippen molar-refractivity contribution in [3.63, 3.8) is 0 Å². The molecule has 0 spiro atoms. The summed E-state index contributed by atoms with van der Waals surface area (Å²) < 4.78 is 14.6. The van der Waals surface area contributed by atoms with Crippen molar-refractivity contribution >= 4 is 40.0 Å². The Hall–Kier alpha value is -4.37. The summed E-state index contributed by atoms with van der Waals surface area (Å²) in [5.41, 5.74) is 2.13. The summed E-state index contributed by atoms with van der Waals surface area (Å²) in [5, 5.41) is 7.48. The third kappa shape index (κ3) is 4.21. The summed E-state index contributed by atoms with van der Waals surface area (Å²) in [7, 11) is 0. The van der Waals surface area contributed by atoms with Gasteiger partial charge < -0.3 is 10.3 Å². The lowest BCUT2D eigenvalue weighted by atomic mass is 10.2. The monoisotopic (exact) mass is 457 g/mol. The molecule has 7 nitrogen and oxygen atoms in total. The number of nitrogens with one attached hydrogen (secondary N) is 2. The van der Waals surface area contributed by atoms with Gasteiger partial charge >= 0.3 is 0 Å². The number of carbonyl (C=O) groups is 1. The summed E-state index contributed by atoms with van der Waals surface area (Å²) >= 11 is 1.50. The highest BCUT2D eigenvalue weighted by Gasteiger charge is 2.13. The lowest BCUT2D eigenvalue weighted by Gasteiger charge is -2.10. The Morgan fingerprint density at radius 2 is 1.91 bits per heavy atom. The van der Waals surface area contributed by atoms with Crippen LogP contribution in [0.2, 0.25) is 0 Å². The van der Waals surface area contributed by atoms with Crippen LogP contribution in [0.25, 0.3) is 33.2 Å². The van der Waals surface area contributed by atoms with Crippen molar-refractivity contribution in [2.24, 2.45) is 0 Å². The number of aromatic amines is 1. The zero-order chi connectivity index (χ0) is 22.8. The highest BCUT2D eigenvalue weighted by Crippen LogP contribution is 2.29. The van der Waals surface area contributed by atoms with Gasteiger partial charge in [0.15, 0.2) is 5.65 Å². The van der Waals surface area contributed by atoms with Gasteiger partial charge in [0.2, 0.25) is 5.91 Å². The summed E-state index contributed by atoms with van der Waals surface area (Å²) in [5.74, 6) is -0.598. The van der Waals surface area contributed by atoms with Gasteiger partial charge in [0.25, 0.3) is 5.56 Å². The number of fused-ring (bicyclic) bond motifs is 1. The van der Waals surface area contributed by atoms with Gasteiger partial charge in [-0.3, -0.25) is 9.59 Å². The molecular weight excluding hydrogens is 441 g/mol. The van der Waals surface area contributed by atoms with Crippen molar-refractivity contribution in [3.8, 4) is 16.1 Å².